The second-order valence-electron chi connectivity index (χ2n) is 7.40. The average molecular weight is 357 g/mol. The lowest BCUT2D eigenvalue weighted by Crippen LogP contribution is -2.33. The van der Waals surface area contributed by atoms with Gasteiger partial charge in [-0.1, -0.05) is 71.1 Å². The highest BCUT2D eigenvalue weighted by molar-refractivity contribution is 6.71. The molecule has 0 heterocycles. The maximum Gasteiger partial charge on any atom is 0.245 e. The number of unbranched alkanes of at least 4 members (excludes halogenated alkanes) is 9. The summed E-state index contributed by atoms with van der Waals surface area (Å²) < 4.78 is 32.3. The molecule has 0 atom stereocenters. The lowest BCUT2D eigenvalue weighted by Gasteiger charge is -2.24. The minimum Gasteiger partial charge on any atom is -0.544 e. The third-order valence-electron chi connectivity index (χ3n) is 4.36. The molecule has 1 nitrogen and oxygen atoms in total. The fourth-order valence-corrected chi connectivity index (χ4v) is 4.96. The van der Waals surface area contributed by atoms with Crippen LogP contribution in [0.25, 0.3) is 0 Å². The highest BCUT2D eigenvalue weighted by Gasteiger charge is 2.24. The second-order valence-corrected chi connectivity index (χ2v) is 11.6. The average Bonchev–Trinajstić information content (AvgIpc) is 2.47. The molecule has 1 rings (SSSR count). The number of halogens is 2. The molecule has 138 valence electrons. The molecule has 24 heavy (non-hydrogen) atoms. The van der Waals surface area contributed by atoms with E-state index in [4.69, 9.17) is 4.43 Å². The Labute approximate surface area is 147 Å². The molecule has 0 fully saturated rings. The summed E-state index contributed by atoms with van der Waals surface area (Å²) in [6.07, 6.45) is 13.1. The van der Waals surface area contributed by atoms with Crippen molar-refractivity contribution in [2.45, 2.75) is 90.3 Å². The topological polar surface area (TPSA) is 9.23 Å². The van der Waals surface area contributed by atoms with Crippen molar-refractivity contribution in [1.82, 2.24) is 0 Å². The van der Waals surface area contributed by atoms with Gasteiger partial charge in [0.1, 0.15) is 17.4 Å². The van der Waals surface area contributed by atoms with Gasteiger partial charge in [0.25, 0.3) is 0 Å². The Morgan fingerprint density at radius 2 is 1.21 bits per heavy atom. The molecule has 0 aliphatic rings. The molecular weight excluding hydrogens is 322 g/mol. The van der Waals surface area contributed by atoms with Gasteiger partial charge in [-0.2, -0.15) is 0 Å². The minimum absolute atomic E-state index is 0.330. The van der Waals surface area contributed by atoms with Gasteiger partial charge in [0.2, 0.25) is 8.32 Å². The van der Waals surface area contributed by atoms with Crippen molar-refractivity contribution in [3.05, 3.63) is 29.8 Å². The van der Waals surface area contributed by atoms with Gasteiger partial charge in [-0.3, -0.25) is 0 Å². The van der Waals surface area contributed by atoms with Crippen LogP contribution in [0.3, 0.4) is 0 Å². The van der Waals surface area contributed by atoms with E-state index in [1.807, 2.05) is 0 Å². The highest BCUT2D eigenvalue weighted by Crippen LogP contribution is 2.23. The van der Waals surface area contributed by atoms with Crippen molar-refractivity contribution in [3.63, 3.8) is 0 Å². The van der Waals surface area contributed by atoms with Gasteiger partial charge in [0, 0.05) is 18.2 Å². The van der Waals surface area contributed by atoms with Crippen LogP contribution < -0.4 is 4.43 Å². The molecule has 0 unspecified atom stereocenters. The Morgan fingerprint density at radius 1 is 0.750 bits per heavy atom. The highest BCUT2D eigenvalue weighted by atomic mass is 28.4. The normalized spacial score (nSPS) is 11.7. The van der Waals surface area contributed by atoms with E-state index in [0.717, 1.165) is 18.5 Å². The maximum absolute atomic E-state index is 13.2. The van der Waals surface area contributed by atoms with Crippen LogP contribution >= 0.6 is 0 Å². The van der Waals surface area contributed by atoms with Crippen LogP contribution in [-0.2, 0) is 0 Å². The zero-order valence-electron chi connectivity index (χ0n) is 15.7. The van der Waals surface area contributed by atoms with Crippen molar-refractivity contribution in [3.8, 4) is 5.75 Å². The number of hydrogen-bond acceptors (Lipinski definition) is 1. The molecule has 0 aromatic heterocycles. The first-order valence-electron chi connectivity index (χ1n) is 9.58. The summed E-state index contributed by atoms with van der Waals surface area (Å²) in [7, 11) is -1.91. The van der Waals surface area contributed by atoms with Crippen LogP contribution in [0.1, 0.15) is 71.1 Å². The predicted octanol–water partition coefficient (Wildman–Crippen LogP) is 7.47. The zero-order valence-corrected chi connectivity index (χ0v) is 16.7. The van der Waals surface area contributed by atoms with Crippen molar-refractivity contribution in [2.24, 2.45) is 0 Å². The summed E-state index contributed by atoms with van der Waals surface area (Å²) in [4.78, 5) is 0. The molecule has 0 spiro atoms. The smallest absolute Gasteiger partial charge is 0.245 e. The fraction of sp³-hybridized carbons (Fsp3) is 0.700. The van der Waals surface area contributed by atoms with E-state index >= 15 is 0 Å². The van der Waals surface area contributed by atoms with E-state index in [1.54, 1.807) is 0 Å². The van der Waals surface area contributed by atoms with E-state index < -0.39 is 20.0 Å². The van der Waals surface area contributed by atoms with Crippen LogP contribution in [0.15, 0.2) is 18.2 Å². The van der Waals surface area contributed by atoms with Gasteiger partial charge in [0.15, 0.2) is 0 Å². The third-order valence-corrected chi connectivity index (χ3v) is 6.71. The Kier molecular flexibility index (Phi) is 10.2. The van der Waals surface area contributed by atoms with Crippen LogP contribution in [-0.4, -0.2) is 8.32 Å². The number of rotatable bonds is 13. The summed E-state index contributed by atoms with van der Waals surface area (Å²) in [5.41, 5.74) is 0. The summed E-state index contributed by atoms with van der Waals surface area (Å²) in [6, 6.07) is 4.46. The van der Waals surface area contributed by atoms with Gasteiger partial charge >= 0.3 is 0 Å². The zero-order chi connectivity index (χ0) is 17.8. The number of benzene rings is 1. The summed E-state index contributed by atoms with van der Waals surface area (Å²) in [5.74, 6) is -0.821. The maximum atomic E-state index is 13.2. The van der Waals surface area contributed by atoms with Gasteiger partial charge in [0.05, 0.1) is 0 Å². The molecule has 0 saturated carbocycles. The molecule has 1 aromatic rings. The molecule has 0 N–H and O–H groups in total. The summed E-state index contributed by atoms with van der Waals surface area (Å²) in [5, 5.41) is 0. The predicted molar refractivity (Wildman–Crippen MR) is 101 cm³/mol. The lowest BCUT2D eigenvalue weighted by molar-refractivity contribution is 0.512. The first-order chi connectivity index (χ1) is 11.4. The summed E-state index contributed by atoms with van der Waals surface area (Å²) in [6.45, 7) is 6.48. The molecular formula is C20H34F2OSi. The lowest BCUT2D eigenvalue weighted by atomic mass is 10.1. The van der Waals surface area contributed by atoms with Gasteiger partial charge in [-0.15, -0.1) is 0 Å². The molecule has 1 aromatic carbocycles. The Bertz CT molecular complexity index is 443. The van der Waals surface area contributed by atoms with Crippen LogP contribution in [0.4, 0.5) is 8.78 Å². The van der Waals surface area contributed by atoms with Gasteiger partial charge in [-0.25, -0.2) is 8.78 Å². The van der Waals surface area contributed by atoms with Crippen molar-refractivity contribution < 1.29 is 13.2 Å². The van der Waals surface area contributed by atoms with Crippen LogP contribution in [0.2, 0.25) is 19.1 Å². The first kappa shape index (κ1) is 21.1. The van der Waals surface area contributed by atoms with E-state index in [9.17, 15) is 8.78 Å². The second kappa shape index (κ2) is 11.6. The molecule has 0 amide bonds. The Balaban J connectivity index is 2.12. The van der Waals surface area contributed by atoms with Crippen LogP contribution in [0, 0.1) is 11.6 Å². The van der Waals surface area contributed by atoms with Crippen molar-refractivity contribution >= 4 is 8.32 Å². The third kappa shape index (κ3) is 10.1. The Morgan fingerprint density at radius 3 is 1.71 bits per heavy atom. The van der Waals surface area contributed by atoms with Gasteiger partial charge in [-0.05, 0) is 19.1 Å². The standard InChI is InChI=1S/C20H34F2OSi/c1-4-5-6-7-8-9-10-11-12-13-14-24(2,3)23-20-16-18(21)15-19(22)17-20/h15-17H,4-14H2,1-3H3. The Hall–Kier alpha value is -0.903. The molecule has 4 heteroatoms. The molecule has 0 aliphatic heterocycles. The van der Waals surface area contributed by atoms with Gasteiger partial charge < -0.3 is 4.43 Å². The van der Waals surface area contributed by atoms with Crippen molar-refractivity contribution in [1.29, 1.82) is 0 Å². The fourth-order valence-electron chi connectivity index (χ4n) is 3.00. The molecule has 0 aliphatic carbocycles. The van der Waals surface area contributed by atoms with E-state index in [1.165, 1.54) is 69.9 Å². The summed E-state index contributed by atoms with van der Waals surface area (Å²) >= 11 is 0. The number of hydrogen-bond donors (Lipinski definition) is 0. The van der Waals surface area contributed by atoms with Crippen molar-refractivity contribution in [2.75, 3.05) is 0 Å². The monoisotopic (exact) mass is 356 g/mol. The first-order valence-corrected chi connectivity index (χ1v) is 12.7. The SMILES string of the molecule is CCCCCCCCCCCC[Si](C)(C)Oc1cc(F)cc(F)c1. The van der Waals surface area contributed by atoms with E-state index in [2.05, 4.69) is 20.0 Å². The largest absolute Gasteiger partial charge is 0.544 e. The molecule has 0 saturated heterocycles. The van der Waals surface area contributed by atoms with E-state index in [-0.39, 0.29) is 0 Å². The van der Waals surface area contributed by atoms with Crippen LogP contribution in [0.5, 0.6) is 5.75 Å². The molecule has 0 radical (unpaired) electrons. The minimum atomic E-state index is -1.91. The quantitative estimate of drug-likeness (QED) is 0.263. The molecule has 0 bridgehead atoms. The van der Waals surface area contributed by atoms with E-state index in [0.29, 0.717) is 5.75 Å².